The van der Waals surface area contributed by atoms with Crippen LogP contribution < -0.4 is 0 Å². The molecule has 2 heteroatoms. The average Bonchev–Trinajstić information content (AvgIpc) is 2.44. The van der Waals surface area contributed by atoms with Crippen molar-refractivity contribution in [2.45, 2.75) is 24.6 Å². The Balaban J connectivity index is 2.11. The first-order valence-corrected chi connectivity index (χ1v) is 4.28. The smallest absolute Gasteiger partial charge is 0.0658 e. The molecule has 0 radical (unpaired) electrons. The number of rotatable bonds is 0. The number of nitriles is 1. The van der Waals surface area contributed by atoms with Crippen LogP contribution in [-0.4, -0.2) is 5.38 Å². The van der Waals surface area contributed by atoms with Gasteiger partial charge in [-0.15, -0.1) is 11.6 Å². The molecule has 0 aromatic rings. The van der Waals surface area contributed by atoms with Crippen LogP contribution in [0.25, 0.3) is 0 Å². The maximum atomic E-state index is 8.68. The maximum absolute atomic E-state index is 8.68. The van der Waals surface area contributed by atoms with Gasteiger partial charge in [0.05, 0.1) is 6.07 Å². The summed E-state index contributed by atoms with van der Waals surface area (Å²) in [6.45, 7) is 0. The molecule has 2 aliphatic rings. The van der Waals surface area contributed by atoms with E-state index in [-0.39, 0.29) is 0 Å². The zero-order valence-electron chi connectivity index (χ0n) is 5.76. The normalized spacial score (nSPS) is 51.2. The molecular formula is C8H10ClN. The Hall–Kier alpha value is -0.220. The molecule has 0 aliphatic heterocycles. The number of halogens is 1. The van der Waals surface area contributed by atoms with Gasteiger partial charge in [-0.25, -0.2) is 0 Å². The molecular weight excluding hydrogens is 146 g/mol. The van der Waals surface area contributed by atoms with Crippen LogP contribution in [0.4, 0.5) is 0 Å². The molecule has 2 saturated carbocycles. The van der Waals surface area contributed by atoms with Gasteiger partial charge < -0.3 is 0 Å². The van der Waals surface area contributed by atoms with Crippen molar-refractivity contribution < 1.29 is 0 Å². The van der Waals surface area contributed by atoms with Crippen LogP contribution in [0, 0.1) is 29.1 Å². The van der Waals surface area contributed by atoms with Crippen molar-refractivity contribution >= 4 is 11.6 Å². The summed E-state index contributed by atoms with van der Waals surface area (Å²) in [6, 6.07) is 2.36. The van der Waals surface area contributed by atoms with Crippen molar-refractivity contribution in [2.75, 3.05) is 0 Å². The summed E-state index contributed by atoms with van der Waals surface area (Å²) in [7, 11) is 0. The average molecular weight is 156 g/mol. The van der Waals surface area contributed by atoms with Gasteiger partial charge in [-0.1, -0.05) is 0 Å². The lowest BCUT2D eigenvalue weighted by atomic mass is 9.90. The molecule has 0 spiro atoms. The maximum Gasteiger partial charge on any atom is 0.0658 e. The van der Waals surface area contributed by atoms with E-state index in [4.69, 9.17) is 16.9 Å². The number of hydrogen-bond donors (Lipinski definition) is 0. The summed E-state index contributed by atoms with van der Waals surface area (Å²) in [5.74, 6) is 1.63. The van der Waals surface area contributed by atoms with E-state index in [2.05, 4.69) is 6.07 Å². The summed E-state index contributed by atoms with van der Waals surface area (Å²) < 4.78 is 0. The highest BCUT2D eigenvalue weighted by molar-refractivity contribution is 6.21. The van der Waals surface area contributed by atoms with Gasteiger partial charge >= 0.3 is 0 Å². The predicted molar refractivity (Wildman–Crippen MR) is 39.6 cm³/mol. The molecule has 0 amide bonds. The van der Waals surface area contributed by atoms with Gasteiger partial charge in [-0.05, 0) is 31.1 Å². The minimum Gasteiger partial charge on any atom is -0.198 e. The molecule has 2 aliphatic carbocycles. The molecule has 2 bridgehead atoms. The van der Waals surface area contributed by atoms with Crippen LogP contribution in [0.1, 0.15) is 19.3 Å². The lowest BCUT2D eigenvalue weighted by Crippen LogP contribution is -2.16. The van der Waals surface area contributed by atoms with Crippen LogP contribution in [0.15, 0.2) is 0 Å². The van der Waals surface area contributed by atoms with Crippen LogP contribution in [-0.2, 0) is 0 Å². The van der Waals surface area contributed by atoms with Crippen LogP contribution in [0.2, 0.25) is 0 Å². The Kier molecular flexibility index (Phi) is 1.38. The molecule has 2 rings (SSSR count). The number of fused-ring (bicyclic) bond motifs is 2. The summed E-state index contributed by atoms with van der Waals surface area (Å²) in [5, 5.41) is 9.07. The Labute approximate surface area is 66.0 Å². The van der Waals surface area contributed by atoms with Crippen LogP contribution in [0.3, 0.4) is 0 Å². The van der Waals surface area contributed by atoms with E-state index in [0.29, 0.717) is 23.1 Å². The first-order chi connectivity index (χ1) is 4.81. The van der Waals surface area contributed by atoms with Gasteiger partial charge in [-0.2, -0.15) is 5.26 Å². The van der Waals surface area contributed by atoms with E-state index in [1.54, 1.807) is 0 Å². The molecule has 54 valence electrons. The first-order valence-electron chi connectivity index (χ1n) is 3.85. The minimum absolute atomic E-state index is 0.333. The molecule has 4 unspecified atom stereocenters. The zero-order valence-corrected chi connectivity index (χ0v) is 6.51. The lowest BCUT2D eigenvalue weighted by Gasteiger charge is -2.18. The fourth-order valence-corrected chi connectivity index (χ4v) is 2.80. The second-order valence-corrected chi connectivity index (χ2v) is 4.04. The highest BCUT2D eigenvalue weighted by Crippen LogP contribution is 2.50. The third kappa shape index (κ3) is 0.754. The molecule has 0 heterocycles. The van der Waals surface area contributed by atoms with Gasteiger partial charge in [0.1, 0.15) is 0 Å². The van der Waals surface area contributed by atoms with Gasteiger partial charge in [0.2, 0.25) is 0 Å². The van der Waals surface area contributed by atoms with Crippen molar-refractivity contribution in [1.82, 2.24) is 0 Å². The SMILES string of the molecule is N#CC1CC2CC1CC2Cl. The third-order valence-corrected chi connectivity index (χ3v) is 3.47. The fraction of sp³-hybridized carbons (Fsp3) is 0.875. The molecule has 0 N–H and O–H groups in total. The van der Waals surface area contributed by atoms with Crippen molar-refractivity contribution in [3.8, 4) is 6.07 Å². The van der Waals surface area contributed by atoms with Crippen molar-refractivity contribution in [2.24, 2.45) is 17.8 Å². The van der Waals surface area contributed by atoms with Gasteiger partial charge in [0.15, 0.2) is 0 Å². The van der Waals surface area contributed by atoms with Crippen molar-refractivity contribution in [3.05, 3.63) is 0 Å². The first kappa shape index (κ1) is 6.49. The summed E-state index contributed by atoms with van der Waals surface area (Å²) in [4.78, 5) is 0. The van der Waals surface area contributed by atoms with Crippen molar-refractivity contribution in [1.29, 1.82) is 5.26 Å². The summed E-state index contributed by atoms with van der Waals surface area (Å²) in [5.41, 5.74) is 0. The van der Waals surface area contributed by atoms with E-state index < -0.39 is 0 Å². The molecule has 1 nitrogen and oxygen atoms in total. The topological polar surface area (TPSA) is 23.8 Å². The largest absolute Gasteiger partial charge is 0.198 e. The van der Waals surface area contributed by atoms with E-state index in [9.17, 15) is 0 Å². The highest BCUT2D eigenvalue weighted by Gasteiger charge is 2.44. The lowest BCUT2D eigenvalue weighted by molar-refractivity contribution is 0.407. The summed E-state index contributed by atoms with van der Waals surface area (Å²) >= 11 is 6.02. The molecule has 2 fully saturated rings. The Morgan fingerprint density at radius 2 is 2.00 bits per heavy atom. The standard InChI is InChI=1S/C8H10ClN/c9-8-3-5-1-6(8)2-7(5)4-10/h5-8H,1-3H2. The number of alkyl halides is 1. The van der Waals surface area contributed by atoms with Gasteiger partial charge in [-0.3, -0.25) is 0 Å². The predicted octanol–water partition coefficient (Wildman–Crippen LogP) is 2.16. The Morgan fingerprint density at radius 3 is 2.40 bits per heavy atom. The monoisotopic (exact) mass is 155 g/mol. The van der Waals surface area contributed by atoms with E-state index in [0.717, 1.165) is 12.8 Å². The second kappa shape index (κ2) is 2.13. The zero-order chi connectivity index (χ0) is 7.14. The fourth-order valence-electron chi connectivity index (χ4n) is 2.36. The molecule has 0 aromatic carbocycles. The highest BCUT2D eigenvalue weighted by atomic mass is 35.5. The summed E-state index contributed by atoms with van der Waals surface area (Å²) in [6.07, 6.45) is 3.37. The second-order valence-electron chi connectivity index (χ2n) is 3.48. The van der Waals surface area contributed by atoms with Gasteiger partial charge in [0.25, 0.3) is 0 Å². The van der Waals surface area contributed by atoms with Crippen molar-refractivity contribution in [3.63, 3.8) is 0 Å². The van der Waals surface area contributed by atoms with E-state index in [1.807, 2.05) is 0 Å². The number of nitrogens with zero attached hydrogens (tertiary/aromatic N) is 1. The van der Waals surface area contributed by atoms with Crippen LogP contribution in [0.5, 0.6) is 0 Å². The third-order valence-electron chi connectivity index (χ3n) is 2.94. The van der Waals surface area contributed by atoms with Gasteiger partial charge in [0, 0.05) is 11.3 Å². The molecule has 4 atom stereocenters. The molecule has 0 aromatic heterocycles. The Bertz CT molecular complexity index is 182. The molecule has 0 saturated heterocycles. The Morgan fingerprint density at radius 1 is 1.20 bits per heavy atom. The minimum atomic E-state index is 0.333. The molecule has 10 heavy (non-hydrogen) atoms. The van der Waals surface area contributed by atoms with E-state index in [1.165, 1.54) is 6.42 Å². The van der Waals surface area contributed by atoms with E-state index >= 15 is 0 Å². The quantitative estimate of drug-likeness (QED) is 0.492. The number of hydrogen-bond acceptors (Lipinski definition) is 1. The van der Waals surface area contributed by atoms with Crippen LogP contribution >= 0.6 is 11.6 Å².